The Bertz CT molecular complexity index is 802. The van der Waals surface area contributed by atoms with E-state index in [-0.39, 0.29) is 46.6 Å². The summed E-state index contributed by atoms with van der Waals surface area (Å²) in [7, 11) is 0. The van der Waals surface area contributed by atoms with Crippen LogP contribution in [0.4, 0.5) is 5.95 Å². The Labute approximate surface area is 144 Å². The first-order valence-electron chi connectivity index (χ1n) is 7.98. The van der Waals surface area contributed by atoms with E-state index < -0.39 is 5.97 Å². The lowest BCUT2D eigenvalue weighted by atomic mass is 10.1. The van der Waals surface area contributed by atoms with Gasteiger partial charge in [-0.25, -0.2) is 14.8 Å². The summed E-state index contributed by atoms with van der Waals surface area (Å²) in [6.45, 7) is 5.68. The third-order valence-electron chi connectivity index (χ3n) is 3.23. The standard InChI is InChI=1S/C16H21N5O4/c1-4-6-7-25-14-12-13(20-16(17)21-14)18-8-10(19-12)11(9(3)22)15(23)24-5-2/h8,22H,4-7H2,1-3H3,(H2,17,18,20,21)/b11-9+. The number of allylic oxidation sites excluding steroid dienone is 1. The van der Waals surface area contributed by atoms with Crippen LogP contribution < -0.4 is 10.5 Å². The van der Waals surface area contributed by atoms with E-state index in [1.807, 2.05) is 6.92 Å². The third kappa shape index (κ3) is 4.31. The lowest BCUT2D eigenvalue weighted by Gasteiger charge is -2.10. The Kier molecular flexibility index (Phi) is 6.04. The number of fused-ring (bicyclic) bond motifs is 1. The molecule has 0 aliphatic rings. The van der Waals surface area contributed by atoms with Crippen molar-refractivity contribution in [2.45, 2.75) is 33.6 Å². The summed E-state index contributed by atoms with van der Waals surface area (Å²) < 4.78 is 10.6. The maximum absolute atomic E-state index is 12.1. The van der Waals surface area contributed by atoms with Gasteiger partial charge in [-0.3, -0.25) is 0 Å². The highest BCUT2D eigenvalue weighted by Gasteiger charge is 2.21. The highest BCUT2D eigenvalue weighted by molar-refractivity contribution is 6.16. The molecule has 0 aliphatic carbocycles. The summed E-state index contributed by atoms with van der Waals surface area (Å²) in [5.74, 6) is -0.720. The summed E-state index contributed by atoms with van der Waals surface area (Å²) in [5, 5.41) is 9.85. The van der Waals surface area contributed by atoms with Crippen LogP contribution in [0.15, 0.2) is 12.0 Å². The molecule has 3 N–H and O–H groups in total. The fourth-order valence-corrected chi connectivity index (χ4v) is 2.07. The zero-order chi connectivity index (χ0) is 18.4. The number of anilines is 1. The second kappa shape index (κ2) is 8.22. The summed E-state index contributed by atoms with van der Waals surface area (Å²) in [4.78, 5) is 28.6. The number of aromatic nitrogens is 4. The first-order valence-corrected chi connectivity index (χ1v) is 7.98. The van der Waals surface area contributed by atoms with Crippen molar-refractivity contribution >= 4 is 28.7 Å². The third-order valence-corrected chi connectivity index (χ3v) is 3.23. The molecule has 9 heteroatoms. The number of nitrogens with two attached hydrogens (primary N) is 1. The smallest absolute Gasteiger partial charge is 0.343 e. The quantitative estimate of drug-likeness (QED) is 0.334. The van der Waals surface area contributed by atoms with Gasteiger partial charge in [0, 0.05) is 0 Å². The van der Waals surface area contributed by atoms with Crippen LogP contribution >= 0.6 is 0 Å². The molecule has 0 bridgehead atoms. The molecule has 0 unspecified atom stereocenters. The SMILES string of the molecule is CCCCOc1nc(N)nc2ncc(/C(C(=O)OCC)=C(/C)O)nc12. The van der Waals surface area contributed by atoms with Crippen LogP contribution in [0, 0.1) is 0 Å². The van der Waals surface area contributed by atoms with Crippen molar-refractivity contribution in [3.8, 4) is 5.88 Å². The largest absolute Gasteiger partial charge is 0.512 e. The molecule has 0 fully saturated rings. The predicted octanol–water partition coefficient (Wildman–Crippen LogP) is 2.03. The zero-order valence-electron chi connectivity index (χ0n) is 14.4. The number of carbonyl (C=O) groups excluding carboxylic acids is 1. The van der Waals surface area contributed by atoms with Crippen molar-refractivity contribution in [3.05, 3.63) is 17.6 Å². The van der Waals surface area contributed by atoms with Gasteiger partial charge in [-0.2, -0.15) is 9.97 Å². The number of hydrogen-bond acceptors (Lipinski definition) is 9. The zero-order valence-corrected chi connectivity index (χ0v) is 14.4. The average Bonchev–Trinajstić information content (AvgIpc) is 2.55. The van der Waals surface area contributed by atoms with Crippen LogP contribution in [0.1, 0.15) is 39.3 Å². The van der Waals surface area contributed by atoms with Gasteiger partial charge in [-0.15, -0.1) is 0 Å². The van der Waals surface area contributed by atoms with Crippen molar-refractivity contribution in [3.63, 3.8) is 0 Å². The van der Waals surface area contributed by atoms with Crippen LogP contribution in [-0.4, -0.2) is 44.2 Å². The molecule has 0 saturated carbocycles. The summed E-state index contributed by atoms with van der Waals surface area (Å²) in [6, 6.07) is 0. The molecule has 0 saturated heterocycles. The highest BCUT2D eigenvalue weighted by atomic mass is 16.5. The van der Waals surface area contributed by atoms with Crippen LogP contribution in [0.25, 0.3) is 16.7 Å². The Hall–Kier alpha value is -2.97. The van der Waals surface area contributed by atoms with Gasteiger partial charge >= 0.3 is 5.97 Å². The topological polar surface area (TPSA) is 133 Å². The minimum atomic E-state index is -0.694. The fourth-order valence-electron chi connectivity index (χ4n) is 2.07. The second-order valence-electron chi connectivity index (χ2n) is 5.20. The monoisotopic (exact) mass is 347 g/mol. The molecule has 0 amide bonds. The summed E-state index contributed by atoms with van der Waals surface area (Å²) in [5.41, 5.74) is 6.22. The Morgan fingerprint density at radius 3 is 2.68 bits per heavy atom. The number of rotatable bonds is 7. The molecular formula is C16H21N5O4. The van der Waals surface area contributed by atoms with Gasteiger partial charge in [0.05, 0.1) is 19.4 Å². The molecule has 0 atom stereocenters. The molecule has 0 radical (unpaired) electrons. The maximum atomic E-state index is 12.1. The fraction of sp³-hybridized carbons (Fsp3) is 0.438. The molecule has 2 rings (SSSR count). The van der Waals surface area contributed by atoms with Crippen molar-refractivity contribution < 1.29 is 19.4 Å². The molecule has 134 valence electrons. The van der Waals surface area contributed by atoms with Crippen molar-refractivity contribution in [2.75, 3.05) is 18.9 Å². The second-order valence-corrected chi connectivity index (χ2v) is 5.20. The molecule has 2 aromatic heterocycles. The Balaban J connectivity index is 2.53. The van der Waals surface area contributed by atoms with Gasteiger partial charge < -0.3 is 20.3 Å². The molecule has 2 aromatic rings. The average molecular weight is 347 g/mol. The van der Waals surface area contributed by atoms with E-state index >= 15 is 0 Å². The number of ether oxygens (including phenoxy) is 2. The summed E-state index contributed by atoms with van der Waals surface area (Å²) in [6.07, 6.45) is 3.10. The van der Waals surface area contributed by atoms with Gasteiger partial charge in [0.2, 0.25) is 11.8 Å². The Morgan fingerprint density at radius 2 is 2.04 bits per heavy atom. The van der Waals surface area contributed by atoms with Gasteiger partial charge in [-0.05, 0) is 20.3 Å². The van der Waals surface area contributed by atoms with Crippen molar-refractivity contribution in [1.82, 2.24) is 19.9 Å². The van der Waals surface area contributed by atoms with Gasteiger partial charge in [0.1, 0.15) is 17.0 Å². The lowest BCUT2D eigenvalue weighted by Crippen LogP contribution is -2.11. The first-order chi connectivity index (χ1) is 12.0. The van der Waals surface area contributed by atoms with Crippen LogP contribution in [0.2, 0.25) is 0 Å². The molecular weight excluding hydrogens is 326 g/mol. The molecule has 25 heavy (non-hydrogen) atoms. The number of hydrogen-bond donors (Lipinski definition) is 2. The minimum absolute atomic E-state index is 0.0144. The van der Waals surface area contributed by atoms with E-state index in [1.54, 1.807) is 6.92 Å². The Morgan fingerprint density at radius 1 is 1.28 bits per heavy atom. The van der Waals surface area contributed by atoms with Gasteiger partial charge in [0.25, 0.3) is 0 Å². The van der Waals surface area contributed by atoms with Crippen molar-refractivity contribution in [2.24, 2.45) is 0 Å². The lowest BCUT2D eigenvalue weighted by molar-refractivity contribution is -0.136. The predicted molar refractivity (Wildman–Crippen MR) is 91.8 cm³/mol. The maximum Gasteiger partial charge on any atom is 0.343 e. The molecule has 0 aliphatic heterocycles. The van der Waals surface area contributed by atoms with Gasteiger partial charge in [-0.1, -0.05) is 13.3 Å². The number of nitrogen functional groups attached to an aromatic ring is 1. The number of esters is 1. The number of aliphatic hydroxyl groups excluding tert-OH is 1. The first kappa shape index (κ1) is 18.4. The number of nitrogens with zero attached hydrogens (tertiary/aromatic N) is 4. The van der Waals surface area contributed by atoms with Crippen LogP contribution in [0.5, 0.6) is 5.88 Å². The molecule has 0 aromatic carbocycles. The van der Waals surface area contributed by atoms with E-state index in [9.17, 15) is 9.90 Å². The normalized spacial score (nSPS) is 12.0. The van der Waals surface area contributed by atoms with E-state index in [4.69, 9.17) is 15.2 Å². The summed E-state index contributed by atoms with van der Waals surface area (Å²) >= 11 is 0. The van der Waals surface area contributed by atoms with E-state index in [0.717, 1.165) is 12.8 Å². The van der Waals surface area contributed by atoms with Crippen molar-refractivity contribution in [1.29, 1.82) is 0 Å². The van der Waals surface area contributed by atoms with Gasteiger partial charge in [0.15, 0.2) is 11.2 Å². The highest BCUT2D eigenvalue weighted by Crippen LogP contribution is 2.24. The van der Waals surface area contributed by atoms with Crippen LogP contribution in [0.3, 0.4) is 0 Å². The van der Waals surface area contributed by atoms with E-state index in [1.165, 1.54) is 13.1 Å². The number of carbonyl (C=O) groups is 1. The molecule has 2 heterocycles. The molecule has 0 spiro atoms. The number of aliphatic hydroxyl groups is 1. The molecule has 9 nitrogen and oxygen atoms in total. The van der Waals surface area contributed by atoms with E-state index in [2.05, 4.69) is 19.9 Å². The minimum Gasteiger partial charge on any atom is -0.512 e. The van der Waals surface area contributed by atoms with Crippen LogP contribution in [-0.2, 0) is 9.53 Å². The number of unbranched alkanes of at least 4 members (excludes halogenated alkanes) is 1. The van der Waals surface area contributed by atoms with E-state index in [0.29, 0.717) is 6.61 Å².